The Hall–Kier alpha value is -2.27. The molecule has 0 radical (unpaired) electrons. The first kappa shape index (κ1) is 11.2. The number of hydrogen-bond acceptors (Lipinski definition) is 5. The van der Waals surface area contributed by atoms with Crippen LogP contribution in [0.25, 0.3) is 0 Å². The van der Waals surface area contributed by atoms with Crippen LogP contribution < -0.4 is 4.74 Å². The highest BCUT2D eigenvalue weighted by Crippen LogP contribution is 2.22. The van der Waals surface area contributed by atoms with E-state index in [-0.39, 0.29) is 12.6 Å². The standard InChI is InChI=1S/C12H10N2O3/c15-7-9-5-13-12(14-6-9)17-11-4-2-1-3-10(11)8-16/h1-7,16H,8H2. The van der Waals surface area contributed by atoms with Crippen LogP contribution in [-0.2, 0) is 6.61 Å². The Morgan fingerprint density at radius 1 is 1.24 bits per heavy atom. The minimum atomic E-state index is -0.122. The molecule has 0 bridgehead atoms. The predicted octanol–water partition coefficient (Wildman–Crippen LogP) is 1.57. The monoisotopic (exact) mass is 230 g/mol. The quantitative estimate of drug-likeness (QED) is 0.807. The first-order valence-corrected chi connectivity index (χ1v) is 4.97. The van der Waals surface area contributed by atoms with Crippen LogP contribution in [0.3, 0.4) is 0 Å². The average molecular weight is 230 g/mol. The highest BCUT2D eigenvalue weighted by atomic mass is 16.5. The zero-order valence-corrected chi connectivity index (χ0v) is 8.91. The summed E-state index contributed by atoms with van der Waals surface area (Å²) in [6, 6.07) is 7.18. The number of rotatable bonds is 4. The summed E-state index contributed by atoms with van der Waals surface area (Å²) in [6.45, 7) is -0.122. The molecule has 0 aliphatic carbocycles. The van der Waals surface area contributed by atoms with Crippen LogP contribution in [0, 0.1) is 0 Å². The number of para-hydroxylation sites is 1. The van der Waals surface area contributed by atoms with Gasteiger partial charge < -0.3 is 9.84 Å². The van der Waals surface area contributed by atoms with Gasteiger partial charge >= 0.3 is 6.01 Å². The van der Waals surface area contributed by atoms with Crippen molar-refractivity contribution in [1.82, 2.24) is 9.97 Å². The Balaban J connectivity index is 2.21. The van der Waals surface area contributed by atoms with Crippen LogP contribution in [0.4, 0.5) is 0 Å². The van der Waals surface area contributed by atoms with Gasteiger partial charge in [-0.05, 0) is 6.07 Å². The lowest BCUT2D eigenvalue weighted by Crippen LogP contribution is -1.96. The number of aldehydes is 1. The smallest absolute Gasteiger partial charge is 0.321 e. The van der Waals surface area contributed by atoms with E-state index in [1.54, 1.807) is 24.3 Å². The number of hydrogen-bond donors (Lipinski definition) is 1. The molecule has 0 unspecified atom stereocenters. The molecule has 86 valence electrons. The van der Waals surface area contributed by atoms with E-state index in [9.17, 15) is 4.79 Å². The van der Waals surface area contributed by atoms with Crippen molar-refractivity contribution < 1.29 is 14.6 Å². The first-order valence-electron chi connectivity index (χ1n) is 4.97. The van der Waals surface area contributed by atoms with Crippen LogP contribution in [0.2, 0.25) is 0 Å². The van der Waals surface area contributed by atoms with E-state index in [2.05, 4.69) is 9.97 Å². The van der Waals surface area contributed by atoms with Gasteiger partial charge in [0.2, 0.25) is 0 Å². The summed E-state index contributed by atoms with van der Waals surface area (Å²) in [6.07, 6.45) is 3.40. The molecular weight excluding hydrogens is 220 g/mol. The van der Waals surface area contributed by atoms with E-state index < -0.39 is 0 Å². The van der Waals surface area contributed by atoms with Gasteiger partial charge in [-0.25, -0.2) is 9.97 Å². The third-order valence-corrected chi connectivity index (χ3v) is 2.13. The van der Waals surface area contributed by atoms with Gasteiger partial charge in [0, 0.05) is 18.0 Å². The number of aliphatic hydroxyl groups is 1. The van der Waals surface area contributed by atoms with Gasteiger partial charge in [0.15, 0.2) is 6.29 Å². The molecule has 0 saturated heterocycles. The van der Waals surface area contributed by atoms with E-state index in [4.69, 9.17) is 9.84 Å². The van der Waals surface area contributed by atoms with Gasteiger partial charge in [-0.3, -0.25) is 4.79 Å². The van der Waals surface area contributed by atoms with Crippen molar-refractivity contribution in [3.63, 3.8) is 0 Å². The van der Waals surface area contributed by atoms with E-state index in [0.29, 0.717) is 23.2 Å². The Labute approximate surface area is 97.7 Å². The molecule has 0 saturated carbocycles. The maximum atomic E-state index is 10.4. The Kier molecular flexibility index (Phi) is 3.42. The minimum absolute atomic E-state index is 0.122. The van der Waals surface area contributed by atoms with Gasteiger partial charge in [-0.1, -0.05) is 18.2 Å². The molecule has 0 fully saturated rings. The SMILES string of the molecule is O=Cc1cnc(Oc2ccccc2CO)nc1. The maximum Gasteiger partial charge on any atom is 0.321 e. The zero-order chi connectivity index (χ0) is 12.1. The summed E-state index contributed by atoms with van der Waals surface area (Å²) in [5.74, 6) is 0.494. The highest BCUT2D eigenvalue weighted by Gasteiger charge is 2.05. The first-order chi connectivity index (χ1) is 8.33. The van der Waals surface area contributed by atoms with E-state index in [1.807, 2.05) is 0 Å². The molecule has 0 atom stereocenters. The van der Waals surface area contributed by atoms with Crippen LogP contribution in [0.15, 0.2) is 36.7 Å². The molecule has 2 rings (SSSR count). The molecule has 5 heteroatoms. The lowest BCUT2D eigenvalue weighted by Gasteiger charge is -2.07. The molecule has 0 spiro atoms. The predicted molar refractivity (Wildman–Crippen MR) is 59.9 cm³/mol. The largest absolute Gasteiger partial charge is 0.424 e. The van der Waals surface area contributed by atoms with Crippen LogP contribution >= 0.6 is 0 Å². The molecule has 1 aromatic heterocycles. The van der Waals surface area contributed by atoms with Gasteiger partial charge in [-0.2, -0.15) is 0 Å². The van der Waals surface area contributed by atoms with Crippen LogP contribution in [0.5, 0.6) is 11.8 Å². The summed E-state index contributed by atoms with van der Waals surface area (Å²) in [4.78, 5) is 18.2. The number of carbonyl (C=O) groups is 1. The van der Waals surface area contributed by atoms with Crippen LogP contribution in [0.1, 0.15) is 15.9 Å². The fourth-order valence-corrected chi connectivity index (χ4v) is 1.27. The molecule has 1 N–H and O–H groups in total. The molecule has 0 aliphatic rings. The second-order valence-electron chi connectivity index (χ2n) is 3.28. The lowest BCUT2D eigenvalue weighted by molar-refractivity contribution is 0.112. The molecule has 17 heavy (non-hydrogen) atoms. The summed E-state index contributed by atoms with van der Waals surface area (Å²) in [5, 5.41) is 9.11. The van der Waals surface area contributed by atoms with Gasteiger partial charge in [0.25, 0.3) is 0 Å². The van der Waals surface area contributed by atoms with Gasteiger partial charge in [0.1, 0.15) is 5.75 Å². The van der Waals surface area contributed by atoms with Crippen molar-refractivity contribution >= 4 is 6.29 Å². The molecule has 5 nitrogen and oxygen atoms in total. The van der Waals surface area contributed by atoms with E-state index >= 15 is 0 Å². The minimum Gasteiger partial charge on any atom is -0.424 e. The van der Waals surface area contributed by atoms with E-state index in [1.165, 1.54) is 12.4 Å². The Morgan fingerprint density at radius 3 is 2.59 bits per heavy atom. The Bertz CT molecular complexity index is 511. The third-order valence-electron chi connectivity index (χ3n) is 2.13. The van der Waals surface area contributed by atoms with Crippen molar-refractivity contribution in [1.29, 1.82) is 0 Å². The average Bonchev–Trinajstić information content (AvgIpc) is 2.40. The topological polar surface area (TPSA) is 72.3 Å². The summed E-state index contributed by atoms with van der Waals surface area (Å²) in [5.41, 5.74) is 1.03. The van der Waals surface area contributed by atoms with Crippen molar-refractivity contribution in [3.8, 4) is 11.8 Å². The number of benzene rings is 1. The second kappa shape index (κ2) is 5.18. The summed E-state index contributed by atoms with van der Waals surface area (Å²) >= 11 is 0. The fourth-order valence-electron chi connectivity index (χ4n) is 1.27. The van der Waals surface area contributed by atoms with Crippen molar-refractivity contribution in [3.05, 3.63) is 47.8 Å². The maximum absolute atomic E-state index is 10.4. The van der Waals surface area contributed by atoms with Crippen molar-refractivity contribution in [2.45, 2.75) is 6.61 Å². The summed E-state index contributed by atoms with van der Waals surface area (Å²) in [7, 11) is 0. The molecular formula is C12H10N2O3. The van der Waals surface area contributed by atoms with Crippen LogP contribution in [-0.4, -0.2) is 21.4 Å². The number of nitrogens with zero attached hydrogens (tertiary/aromatic N) is 2. The number of aromatic nitrogens is 2. The Morgan fingerprint density at radius 2 is 1.94 bits per heavy atom. The molecule has 2 aromatic rings. The second-order valence-corrected chi connectivity index (χ2v) is 3.28. The van der Waals surface area contributed by atoms with Crippen molar-refractivity contribution in [2.24, 2.45) is 0 Å². The molecule has 0 aliphatic heterocycles. The molecule has 0 amide bonds. The molecule has 1 heterocycles. The lowest BCUT2D eigenvalue weighted by atomic mass is 10.2. The molecule has 1 aromatic carbocycles. The van der Waals surface area contributed by atoms with Gasteiger partial charge in [0.05, 0.1) is 12.2 Å². The zero-order valence-electron chi connectivity index (χ0n) is 8.91. The number of aliphatic hydroxyl groups excluding tert-OH is 1. The van der Waals surface area contributed by atoms with Crippen molar-refractivity contribution in [2.75, 3.05) is 0 Å². The fraction of sp³-hybridized carbons (Fsp3) is 0.0833. The normalized spacial score (nSPS) is 9.94. The number of carbonyl (C=O) groups excluding carboxylic acids is 1. The van der Waals surface area contributed by atoms with E-state index in [0.717, 1.165) is 0 Å². The van der Waals surface area contributed by atoms with Gasteiger partial charge in [-0.15, -0.1) is 0 Å². The third kappa shape index (κ3) is 2.64. The highest BCUT2D eigenvalue weighted by molar-refractivity contribution is 5.73. The summed E-state index contributed by atoms with van der Waals surface area (Å²) < 4.78 is 5.40. The number of ether oxygens (including phenoxy) is 1.